The summed E-state index contributed by atoms with van der Waals surface area (Å²) in [5.74, 6) is 0.528. The number of nitrogens with zero attached hydrogens (tertiary/aromatic N) is 5. The van der Waals surface area contributed by atoms with Crippen molar-refractivity contribution < 1.29 is 9.59 Å². The number of hydrogen-bond donors (Lipinski definition) is 2. The Morgan fingerprint density at radius 1 is 1.21 bits per heavy atom. The molecule has 3 rings (SSSR count). The van der Waals surface area contributed by atoms with Gasteiger partial charge in [0.15, 0.2) is 0 Å². The van der Waals surface area contributed by atoms with Crippen molar-refractivity contribution in [2.75, 3.05) is 19.0 Å². The number of amides is 2. The summed E-state index contributed by atoms with van der Waals surface area (Å²) in [6.45, 7) is 0.487. The fourth-order valence-electron chi connectivity index (χ4n) is 3.52. The third-order valence-electron chi connectivity index (χ3n) is 5.06. The van der Waals surface area contributed by atoms with Crippen LogP contribution in [0.25, 0.3) is 0 Å². The summed E-state index contributed by atoms with van der Waals surface area (Å²) >= 11 is 0. The Hall–Kier alpha value is -2.84. The molecule has 0 atom stereocenters. The summed E-state index contributed by atoms with van der Waals surface area (Å²) in [5.41, 5.74) is 1.33. The first-order valence-electron chi connectivity index (χ1n) is 9.72. The van der Waals surface area contributed by atoms with Crippen molar-refractivity contribution in [3.8, 4) is 0 Å². The molecule has 0 unspecified atom stereocenters. The molecule has 2 aromatic rings. The van der Waals surface area contributed by atoms with E-state index in [4.69, 9.17) is 0 Å². The molecule has 0 aromatic carbocycles. The molecule has 9 heteroatoms. The minimum atomic E-state index is -0.230. The van der Waals surface area contributed by atoms with E-state index in [1.807, 2.05) is 30.6 Å². The molecule has 0 aliphatic heterocycles. The van der Waals surface area contributed by atoms with Gasteiger partial charge in [-0.3, -0.25) is 14.3 Å². The van der Waals surface area contributed by atoms with Crippen LogP contribution in [0.5, 0.6) is 0 Å². The van der Waals surface area contributed by atoms with Gasteiger partial charge in [0.2, 0.25) is 11.9 Å². The molecule has 1 aliphatic carbocycles. The molecule has 1 aliphatic rings. The number of rotatable bonds is 7. The summed E-state index contributed by atoms with van der Waals surface area (Å²) in [6, 6.07) is 0.269. The number of imidazole rings is 1. The van der Waals surface area contributed by atoms with Gasteiger partial charge in [-0.1, -0.05) is 19.3 Å². The van der Waals surface area contributed by atoms with Crippen molar-refractivity contribution in [2.45, 2.75) is 51.2 Å². The van der Waals surface area contributed by atoms with Crippen LogP contribution in [0.1, 0.15) is 48.2 Å². The predicted molar refractivity (Wildman–Crippen MR) is 106 cm³/mol. The van der Waals surface area contributed by atoms with Crippen LogP contribution in [-0.2, 0) is 24.9 Å². The second kappa shape index (κ2) is 8.90. The number of carbonyl (C=O) groups excluding carboxylic acids is 2. The number of hydrogen-bond acceptors (Lipinski definition) is 5. The summed E-state index contributed by atoms with van der Waals surface area (Å²) in [7, 11) is 5.75. The molecule has 1 fully saturated rings. The highest BCUT2D eigenvalue weighted by Crippen LogP contribution is 2.17. The maximum atomic E-state index is 12.4. The average molecular weight is 387 g/mol. The Morgan fingerprint density at radius 2 is 1.96 bits per heavy atom. The normalized spacial score (nSPS) is 14.7. The van der Waals surface area contributed by atoms with Gasteiger partial charge in [-0.15, -0.1) is 0 Å². The molecular weight excluding hydrogens is 358 g/mol. The monoisotopic (exact) mass is 387 g/mol. The molecule has 9 nitrogen and oxygen atoms in total. The summed E-state index contributed by atoms with van der Waals surface area (Å²) in [4.78, 5) is 30.8. The van der Waals surface area contributed by atoms with Gasteiger partial charge in [-0.25, -0.2) is 4.98 Å². The van der Waals surface area contributed by atoms with Crippen LogP contribution in [0.15, 0.2) is 18.6 Å². The number of nitrogens with one attached hydrogen (secondary N) is 2. The van der Waals surface area contributed by atoms with E-state index in [0.29, 0.717) is 12.1 Å². The van der Waals surface area contributed by atoms with E-state index in [2.05, 4.69) is 20.7 Å². The quantitative estimate of drug-likeness (QED) is 0.740. The van der Waals surface area contributed by atoms with Crippen molar-refractivity contribution in [1.29, 1.82) is 0 Å². The van der Waals surface area contributed by atoms with Crippen LogP contribution in [-0.4, -0.2) is 51.3 Å². The fraction of sp³-hybridized carbons (Fsp3) is 0.579. The first-order valence-corrected chi connectivity index (χ1v) is 9.72. The highest BCUT2D eigenvalue weighted by atomic mass is 16.2. The zero-order valence-corrected chi connectivity index (χ0v) is 16.8. The van der Waals surface area contributed by atoms with Gasteiger partial charge in [0, 0.05) is 33.4 Å². The van der Waals surface area contributed by atoms with Crippen LogP contribution >= 0.6 is 0 Å². The lowest BCUT2D eigenvalue weighted by molar-refractivity contribution is -0.122. The van der Waals surface area contributed by atoms with Gasteiger partial charge in [-0.2, -0.15) is 5.10 Å². The maximum absolute atomic E-state index is 12.4. The standard InChI is InChI=1S/C19H29N7O2/c1-24(2)19-21-11-16(25(19)3)10-20-18(28)14-9-22-26(12-14)13-17(27)23-15-7-5-4-6-8-15/h9,11-12,15H,4-8,10,13H2,1-3H3,(H,20,28)(H,23,27). The van der Waals surface area contributed by atoms with E-state index in [1.165, 1.54) is 30.1 Å². The Morgan fingerprint density at radius 3 is 2.64 bits per heavy atom. The van der Waals surface area contributed by atoms with E-state index < -0.39 is 0 Å². The molecule has 152 valence electrons. The molecule has 2 N–H and O–H groups in total. The topological polar surface area (TPSA) is 97.1 Å². The Balaban J connectivity index is 1.50. The van der Waals surface area contributed by atoms with Crippen LogP contribution in [0, 0.1) is 0 Å². The minimum Gasteiger partial charge on any atom is -0.352 e. The molecule has 1 saturated carbocycles. The summed E-state index contributed by atoms with van der Waals surface area (Å²) in [5, 5.41) is 10.1. The average Bonchev–Trinajstić information content (AvgIpc) is 3.27. The SMILES string of the molecule is CN(C)c1ncc(CNC(=O)c2cnn(CC(=O)NC3CCCCC3)c2)n1C. The van der Waals surface area contributed by atoms with Crippen molar-refractivity contribution >= 4 is 17.8 Å². The van der Waals surface area contributed by atoms with Crippen molar-refractivity contribution in [2.24, 2.45) is 7.05 Å². The van der Waals surface area contributed by atoms with E-state index in [1.54, 1.807) is 12.4 Å². The fourth-order valence-corrected chi connectivity index (χ4v) is 3.52. The van der Waals surface area contributed by atoms with Crippen LogP contribution < -0.4 is 15.5 Å². The molecule has 2 amide bonds. The smallest absolute Gasteiger partial charge is 0.254 e. The van der Waals surface area contributed by atoms with E-state index in [-0.39, 0.29) is 24.4 Å². The first kappa shape index (κ1) is 19.9. The summed E-state index contributed by atoms with van der Waals surface area (Å²) in [6.07, 6.45) is 10.5. The first-order chi connectivity index (χ1) is 13.4. The lowest BCUT2D eigenvalue weighted by Gasteiger charge is -2.22. The van der Waals surface area contributed by atoms with Crippen molar-refractivity contribution in [1.82, 2.24) is 30.0 Å². The van der Waals surface area contributed by atoms with Gasteiger partial charge >= 0.3 is 0 Å². The molecule has 28 heavy (non-hydrogen) atoms. The molecule has 0 spiro atoms. The number of anilines is 1. The largest absolute Gasteiger partial charge is 0.352 e. The predicted octanol–water partition coefficient (Wildman–Crippen LogP) is 1.06. The number of aromatic nitrogens is 4. The van der Waals surface area contributed by atoms with Crippen molar-refractivity contribution in [3.05, 3.63) is 29.8 Å². The van der Waals surface area contributed by atoms with Crippen LogP contribution in [0.3, 0.4) is 0 Å². The Bertz CT molecular complexity index is 818. The molecule has 0 radical (unpaired) electrons. The van der Waals surface area contributed by atoms with E-state index in [0.717, 1.165) is 24.5 Å². The van der Waals surface area contributed by atoms with Gasteiger partial charge in [-0.05, 0) is 12.8 Å². The molecule has 2 heterocycles. The zero-order valence-electron chi connectivity index (χ0n) is 16.8. The second-order valence-electron chi connectivity index (χ2n) is 7.51. The maximum Gasteiger partial charge on any atom is 0.254 e. The lowest BCUT2D eigenvalue weighted by atomic mass is 9.95. The highest BCUT2D eigenvalue weighted by molar-refractivity contribution is 5.93. The minimum absolute atomic E-state index is 0.0620. The third-order valence-corrected chi connectivity index (χ3v) is 5.06. The van der Waals surface area contributed by atoms with Gasteiger partial charge in [0.05, 0.1) is 30.2 Å². The highest BCUT2D eigenvalue weighted by Gasteiger charge is 2.17. The van der Waals surface area contributed by atoms with Crippen molar-refractivity contribution in [3.63, 3.8) is 0 Å². The Labute approximate surface area is 165 Å². The van der Waals surface area contributed by atoms with E-state index >= 15 is 0 Å². The van der Waals surface area contributed by atoms with Gasteiger partial charge in [0.1, 0.15) is 6.54 Å². The number of carbonyl (C=O) groups is 2. The van der Waals surface area contributed by atoms with Gasteiger partial charge in [0.25, 0.3) is 5.91 Å². The molecular formula is C19H29N7O2. The van der Waals surface area contributed by atoms with Crippen LogP contribution in [0.2, 0.25) is 0 Å². The lowest BCUT2D eigenvalue weighted by Crippen LogP contribution is -2.38. The second-order valence-corrected chi connectivity index (χ2v) is 7.51. The van der Waals surface area contributed by atoms with E-state index in [9.17, 15) is 9.59 Å². The Kier molecular flexibility index (Phi) is 6.33. The summed E-state index contributed by atoms with van der Waals surface area (Å²) < 4.78 is 3.43. The zero-order chi connectivity index (χ0) is 20.1. The van der Waals surface area contributed by atoms with Crippen LogP contribution in [0.4, 0.5) is 5.95 Å². The third kappa shape index (κ3) is 4.90. The van der Waals surface area contributed by atoms with Gasteiger partial charge < -0.3 is 20.1 Å². The molecule has 0 saturated heterocycles. The molecule has 0 bridgehead atoms. The molecule has 2 aromatic heterocycles.